The van der Waals surface area contributed by atoms with Crippen molar-refractivity contribution in [1.29, 1.82) is 0 Å². The highest BCUT2D eigenvalue weighted by Gasteiger charge is 2.33. The number of ether oxygens (including phenoxy) is 1. The first kappa shape index (κ1) is 13.5. The molecule has 0 bridgehead atoms. The number of nitrogens with zero attached hydrogens (tertiary/aromatic N) is 1. The molecule has 1 saturated carbocycles. The normalized spacial score (nSPS) is 13.7. The summed E-state index contributed by atoms with van der Waals surface area (Å²) in [5, 5.41) is 9.25. The summed E-state index contributed by atoms with van der Waals surface area (Å²) in [7, 11) is 0. The quantitative estimate of drug-likeness (QED) is 0.905. The summed E-state index contributed by atoms with van der Waals surface area (Å²) in [5.41, 5.74) is 1.81. The third-order valence-corrected chi connectivity index (χ3v) is 3.48. The molecule has 1 N–H and O–H groups in total. The summed E-state index contributed by atoms with van der Waals surface area (Å²) >= 11 is 0. The lowest BCUT2D eigenvalue weighted by Crippen LogP contribution is -2.31. The lowest BCUT2D eigenvalue weighted by atomic mass is 10.2. The van der Waals surface area contributed by atoms with Crippen molar-refractivity contribution in [3.8, 4) is 5.75 Å². The van der Waals surface area contributed by atoms with Crippen LogP contribution >= 0.6 is 0 Å². The van der Waals surface area contributed by atoms with Crippen molar-refractivity contribution in [3.05, 3.63) is 60.2 Å². The summed E-state index contributed by atoms with van der Waals surface area (Å²) in [6.45, 7) is 0.505. The zero-order chi connectivity index (χ0) is 14.7. The van der Waals surface area contributed by atoms with E-state index in [9.17, 15) is 9.90 Å². The highest BCUT2D eigenvalue weighted by atomic mass is 16.5. The van der Waals surface area contributed by atoms with Crippen LogP contribution in [0.2, 0.25) is 0 Å². The van der Waals surface area contributed by atoms with E-state index >= 15 is 0 Å². The van der Waals surface area contributed by atoms with Crippen molar-refractivity contribution in [1.82, 2.24) is 0 Å². The van der Waals surface area contributed by atoms with E-state index < -0.39 is 6.09 Å². The van der Waals surface area contributed by atoms with Crippen molar-refractivity contribution in [2.75, 3.05) is 4.90 Å². The van der Waals surface area contributed by atoms with Crippen LogP contribution in [0.1, 0.15) is 18.4 Å². The Morgan fingerprint density at radius 3 is 2.33 bits per heavy atom. The van der Waals surface area contributed by atoms with E-state index in [1.54, 1.807) is 12.1 Å². The molecule has 0 unspecified atom stereocenters. The summed E-state index contributed by atoms with van der Waals surface area (Å²) in [4.78, 5) is 12.7. The Bertz CT molecular complexity index is 606. The molecule has 1 aliphatic rings. The molecule has 4 nitrogen and oxygen atoms in total. The second-order valence-corrected chi connectivity index (χ2v) is 5.15. The van der Waals surface area contributed by atoms with Gasteiger partial charge >= 0.3 is 6.09 Å². The van der Waals surface area contributed by atoms with Crippen molar-refractivity contribution >= 4 is 11.8 Å². The number of amides is 1. The van der Waals surface area contributed by atoms with Gasteiger partial charge < -0.3 is 9.84 Å². The van der Waals surface area contributed by atoms with Gasteiger partial charge in [-0.15, -0.1) is 0 Å². The fourth-order valence-electron chi connectivity index (χ4n) is 2.25. The Kier molecular flexibility index (Phi) is 3.77. The van der Waals surface area contributed by atoms with Crippen LogP contribution in [0.5, 0.6) is 5.75 Å². The topological polar surface area (TPSA) is 49.8 Å². The summed E-state index contributed by atoms with van der Waals surface area (Å²) < 4.78 is 5.70. The number of rotatable bonds is 5. The molecule has 4 heteroatoms. The molecule has 2 aromatic rings. The molecule has 2 aromatic carbocycles. The molecule has 0 atom stereocenters. The third kappa shape index (κ3) is 3.34. The summed E-state index contributed by atoms with van der Waals surface area (Å²) in [6.07, 6.45) is 0.993. The first-order valence-corrected chi connectivity index (χ1v) is 7.03. The highest BCUT2D eigenvalue weighted by Crippen LogP contribution is 2.32. The van der Waals surface area contributed by atoms with Crippen LogP contribution in [0.25, 0.3) is 0 Å². The smallest absolute Gasteiger partial charge is 0.412 e. The van der Waals surface area contributed by atoms with E-state index in [1.165, 1.54) is 4.90 Å². The van der Waals surface area contributed by atoms with Gasteiger partial charge in [-0.3, -0.25) is 4.90 Å². The molecule has 1 amide bonds. The Hall–Kier alpha value is -2.49. The van der Waals surface area contributed by atoms with Gasteiger partial charge in [0.2, 0.25) is 0 Å². The number of carbonyl (C=O) groups is 1. The molecule has 0 aliphatic heterocycles. The molecular weight excluding hydrogens is 266 g/mol. The van der Waals surface area contributed by atoms with Gasteiger partial charge in [-0.25, -0.2) is 4.79 Å². The molecule has 108 valence electrons. The molecule has 0 saturated heterocycles. The standard InChI is InChI=1S/C17H17NO3/c19-17(20)18(14-6-7-14)15-8-10-16(11-9-15)21-12-13-4-2-1-3-5-13/h1-5,8-11,14H,6-7,12H2,(H,19,20). The molecule has 0 spiro atoms. The molecule has 1 aliphatic carbocycles. The summed E-state index contributed by atoms with van der Waals surface area (Å²) in [5.74, 6) is 0.740. The maximum atomic E-state index is 11.3. The van der Waals surface area contributed by atoms with E-state index in [-0.39, 0.29) is 6.04 Å². The Morgan fingerprint density at radius 2 is 1.76 bits per heavy atom. The number of carboxylic acid groups (broad SMARTS) is 1. The zero-order valence-electron chi connectivity index (χ0n) is 11.6. The maximum absolute atomic E-state index is 11.3. The predicted octanol–water partition coefficient (Wildman–Crippen LogP) is 3.91. The Labute approximate surface area is 123 Å². The third-order valence-electron chi connectivity index (χ3n) is 3.48. The van der Waals surface area contributed by atoms with Crippen LogP contribution in [-0.4, -0.2) is 17.2 Å². The lowest BCUT2D eigenvalue weighted by Gasteiger charge is -2.18. The molecular formula is C17H17NO3. The van der Waals surface area contributed by atoms with Crippen molar-refractivity contribution in [2.45, 2.75) is 25.5 Å². The largest absolute Gasteiger partial charge is 0.489 e. The fourth-order valence-corrected chi connectivity index (χ4v) is 2.25. The monoisotopic (exact) mass is 283 g/mol. The van der Waals surface area contributed by atoms with Crippen LogP contribution in [0.3, 0.4) is 0 Å². The van der Waals surface area contributed by atoms with Gasteiger partial charge in [0.05, 0.1) is 0 Å². The van der Waals surface area contributed by atoms with Crippen LogP contribution in [-0.2, 0) is 6.61 Å². The number of anilines is 1. The molecule has 0 heterocycles. The van der Waals surface area contributed by atoms with Gasteiger partial charge in [0.1, 0.15) is 12.4 Å². The SMILES string of the molecule is O=C(O)N(c1ccc(OCc2ccccc2)cc1)C1CC1. The van der Waals surface area contributed by atoms with E-state index in [2.05, 4.69) is 0 Å². The van der Waals surface area contributed by atoms with Gasteiger partial charge in [-0.2, -0.15) is 0 Å². The Morgan fingerprint density at radius 1 is 1.10 bits per heavy atom. The number of hydrogen-bond donors (Lipinski definition) is 1. The van der Waals surface area contributed by atoms with Gasteiger partial charge in [0.25, 0.3) is 0 Å². The predicted molar refractivity (Wildman–Crippen MR) is 80.7 cm³/mol. The maximum Gasteiger partial charge on any atom is 0.412 e. The first-order valence-electron chi connectivity index (χ1n) is 7.03. The van der Waals surface area contributed by atoms with Gasteiger partial charge in [-0.05, 0) is 42.7 Å². The first-order chi connectivity index (χ1) is 10.2. The average Bonchev–Trinajstić information content (AvgIpc) is 3.32. The van der Waals surface area contributed by atoms with Crippen LogP contribution in [0, 0.1) is 0 Å². The minimum atomic E-state index is -0.893. The Balaban J connectivity index is 1.65. The average molecular weight is 283 g/mol. The summed E-state index contributed by atoms with van der Waals surface area (Å²) in [6, 6.07) is 17.3. The minimum absolute atomic E-state index is 0.138. The lowest BCUT2D eigenvalue weighted by molar-refractivity contribution is 0.201. The number of benzene rings is 2. The zero-order valence-corrected chi connectivity index (χ0v) is 11.6. The fraction of sp³-hybridized carbons (Fsp3) is 0.235. The molecule has 3 rings (SSSR count). The van der Waals surface area contributed by atoms with Crippen LogP contribution in [0.15, 0.2) is 54.6 Å². The van der Waals surface area contributed by atoms with Crippen molar-refractivity contribution < 1.29 is 14.6 Å². The van der Waals surface area contributed by atoms with E-state index in [0.29, 0.717) is 12.3 Å². The van der Waals surface area contributed by atoms with E-state index in [1.807, 2.05) is 42.5 Å². The molecule has 0 radical (unpaired) electrons. The number of hydrogen-bond acceptors (Lipinski definition) is 2. The molecule has 21 heavy (non-hydrogen) atoms. The van der Waals surface area contributed by atoms with Crippen molar-refractivity contribution in [3.63, 3.8) is 0 Å². The second-order valence-electron chi connectivity index (χ2n) is 5.15. The minimum Gasteiger partial charge on any atom is -0.489 e. The van der Waals surface area contributed by atoms with E-state index in [4.69, 9.17) is 4.74 Å². The second kappa shape index (κ2) is 5.87. The molecule has 1 fully saturated rings. The van der Waals surface area contributed by atoms with Crippen molar-refractivity contribution in [2.24, 2.45) is 0 Å². The van der Waals surface area contributed by atoms with Gasteiger partial charge in [0, 0.05) is 11.7 Å². The van der Waals surface area contributed by atoms with Gasteiger partial charge in [0.15, 0.2) is 0 Å². The van der Waals surface area contributed by atoms with Crippen LogP contribution in [0.4, 0.5) is 10.5 Å². The molecule has 0 aromatic heterocycles. The van der Waals surface area contributed by atoms with E-state index in [0.717, 1.165) is 24.2 Å². The van der Waals surface area contributed by atoms with Crippen LogP contribution < -0.4 is 9.64 Å². The van der Waals surface area contributed by atoms with Gasteiger partial charge in [-0.1, -0.05) is 30.3 Å². The highest BCUT2D eigenvalue weighted by molar-refractivity contribution is 5.87.